The van der Waals surface area contributed by atoms with Gasteiger partial charge in [-0.3, -0.25) is 9.80 Å². The molecule has 4 rings (SSSR count). The predicted octanol–water partition coefficient (Wildman–Crippen LogP) is 3.99. The molecule has 1 fully saturated rings. The summed E-state index contributed by atoms with van der Waals surface area (Å²) in [6, 6.07) is 10.8. The highest BCUT2D eigenvalue weighted by Gasteiger charge is 2.19. The van der Waals surface area contributed by atoms with Crippen molar-refractivity contribution in [3.63, 3.8) is 0 Å². The number of hydrogen-bond acceptors (Lipinski definition) is 6. The molecule has 0 N–H and O–H groups in total. The van der Waals surface area contributed by atoms with Gasteiger partial charge in [0, 0.05) is 56.3 Å². The van der Waals surface area contributed by atoms with Crippen molar-refractivity contribution in [2.24, 2.45) is 0 Å². The van der Waals surface area contributed by atoms with Gasteiger partial charge in [0.25, 0.3) is 0 Å². The Morgan fingerprint density at radius 3 is 2.26 bits per heavy atom. The highest BCUT2D eigenvalue weighted by Crippen LogP contribution is 2.25. The van der Waals surface area contributed by atoms with E-state index in [0.717, 1.165) is 62.2 Å². The molecule has 0 aliphatic carbocycles. The van der Waals surface area contributed by atoms with Crippen molar-refractivity contribution in [2.75, 3.05) is 26.2 Å². The molecule has 1 saturated heterocycles. The Morgan fingerprint density at radius 2 is 1.67 bits per heavy atom. The van der Waals surface area contributed by atoms with Crippen molar-refractivity contribution in [2.45, 2.75) is 33.4 Å². The zero-order valence-corrected chi connectivity index (χ0v) is 16.8. The van der Waals surface area contributed by atoms with Crippen LogP contribution in [0.25, 0.3) is 10.6 Å². The minimum absolute atomic E-state index is 0.875. The van der Waals surface area contributed by atoms with Gasteiger partial charge in [-0.25, -0.2) is 4.98 Å². The van der Waals surface area contributed by atoms with Gasteiger partial charge < -0.3 is 4.52 Å². The summed E-state index contributed by atoms with van der Waals surface area (Å²) >= 11 is 1.74. The van der Waals surface area contributed by atoms with Crippen LogP contribution in [0.3, 0.4) is 0 Å². The monoisotopic (exact) mass is 382 g/mol. The van der Waals surface area contributed by atoms with Crippen molar-refractivity contribution in [1.82, 2.24) is 19.9 Å². The molecule has 142 valence electrons. The van der Waals surface area contributed by atoms with Gasteiger partial charge in [0.15, 0.2) is 0 Å². The summed E-state index contributed by atoms with van der Waals surface area (Å²) in [5.41, 5.74) is 4.79. The average Bonchev–Trinajstić information content (AvgIpc) is 3.32. The van der Waals surface area contributed by atoms with Crippen molar-refractivity contribution >= 4 is 11.3 Å². The molecule has 0 amide bonds. The first-order chi connectivity index (χ1) is 13.2. The second kappa shape index (κ2) is 8.33. The summed E-state index contributed by atoms with van der Waals surface area (Å²) in [6.07, 6.45) is 1.08. The van der Waals surface area contributed by atoms with Gasteiger partial charge in [-0.2, -0.15) is 0 Å². The van der Waals surface area contributed by atoms with E-state index in [2.05, 4.69) is 51.5 Å². The number of aryl methyl sites for hydroxylation is 2. The van der Waals surface area contributed by atoms with E-state index >= 15 is 0 Å². The van der Waals surface area contributed by atoms with Crippen LogP contribution in [0.5, 0.6) is 0 Å². The van der Waals surface area contributed by atoms with Gasteiger partial charge >= 0.3 is 0 Å². The van der Waals surface area contributed by atoms with Gasteiger partial charge in [-0.05, 0) is 18.9 Å². The van der Waals surface area contributed by atoms with Gasteiger partial charge in [0.05, 0.1) is 11.4 Å². The maximum absolute atomic E-state index is 5.16. The highest BCUT2D eigenvalue weighted by molar-refractivity contribution is 7.13. The minimum atomic E-state index is 0.875. The van der Waals surface area contributed by atoms with Crippen molar-refractivity contribution in [1.29, 1.82) is 0 Å². The Morgan fingerprint density at radius 1 is 1.00 bits per heavy atom. The molecule has 5 nitrogen and oxygen atoms in total. The molecule has 2 aromatic heterocycles. The van der Waals surface area contributed by atoms with Gasteiger partial charge in [0.2, 0.25) is 0 Å². The van der Waals surface area contributed by atoms with Crippen LogP contribution in [0, 0.1) is 6.92 Å². The molecular weight excluding hydrogens is 356 g/mol. The van der Waals surface area contributed by atoms with Crippen LogP contribution in [-0.2, 0) is 19.5 Å². The molecular formula is C21H26N4OS. The summed E-state index contributed by atoms with van der Waals surface area (Å²) in [5, 5.41) is 7.42. The lowest BCUT2D eigenvalue weighted by Crippen LogP contribution is -2.45. The summed E-state index contributed by atoms with van der Waals surface area (Å²) < 4.78 is 5.16. The zero-order valence-electron chi connectivity index (χ0n) is 16.0. The first-order valence-corrected chi connectivity index (χ1v) is 10.5. The van der Waals surface area contributed by atoms with Crippen LogP contribution >= 0.6 is 11.3 Å². The lowest BCUT2D eigenvalue weighted by molar-refractivity contribution is 0.119. The van der Waals surface area contributed by atoms with Crippen LogP contribution in [0.2, 0.25) is 0 Å². The summed E-state index contributed by atoms with van der Waals surface area (Å²) in [7, 11) is 0. The van der Waals surface area contributed by atoms with Crippen LogP contribution in [0.1, 0.15) is 29.6 Å². The summed E-state index contributed by atoms with van der Waals surface area (Å²) in [5.74, 6) is 0.882. The maximum atomic E-state index is 5.16. The number of hydrogen-bond donors (Lipinski definition) is 0. The molecule has 0 bridgehead atoms. The van der Waals surface area contributed by atoms with E-state index in [0.29, 0.717) is 0 Å². The second-order valence-electron chi connectivity index (χ2n) is 7.18. The normalized spacial score (nSPS) is 16.1. The lowest BCUT2D eigenvalue weighted by Gasteiger charge is -2.33. The first kappa shape index (κ1) is 18.3. The maximum Gasteiger partial charge on any atom is 0.133 e. The van der Waals surface area contributed by atoms with Crippen molar-refractivity contribution in [3.8, 4) is 10.6 Å². The third-order valence-corrected chi connectivity index (χ3v) is 6.01. The van der Waals surface area contributed by atoms with Crippen LogP contribution in [0.15, 0.2) is 40.2 Å². The number of benzene rings is 1. The molecule has 1 aromatic carbocycles. The first-order valence-electron chi connectivity index (χ1n) is 9.60. The number of piperazine rings is 1. The Bertz CT molecular complexity index is 862. The van der Waals surface area contributed by atoms with Crippen molar-refractivity contribution in [3.05, 3.63) is 58.4 Å². The van der Waals surface area contributed by atoms with Crippen LogP contribution < -0.4 is 0 Å². The number of nitrogens with zero attached hydrogens (tertiary/aromatic N) is 4. The molecule has 0 atom stereocenters. The van der Waals surface area contributed by atoms with E-state index in [1.807, 2.05) is 13.0 Å². The Hall–Kier alpha value is -2.02. The number of rotatable bonds is 6. The van der Waals surface area contributed by atoms with Gasteiger partial charge in [-0.1, -0.05) is 36.3 Å². The second-order valence-corrected chi connectivity index (χ2v) is 8.03. The third-order valence-electron chi connectivity index (χ3n) is 5.07. The van der Waals surface area contributed by atoms with Gasteiger partial charge in [-0.15, -0.1) is 11.3 Å². The zero-order chi connectivity index (χ0) is 18.6. The van der Waals surface area contributed by atoms with Crippen LogP contribution in [-0.4, -0.2) is 46.1 Å². The molecule has 0 spiro atoms. The Labute approximate surface area is 164 Å². The minimum Gasteiger partial charge on any atom is -0.361 e. The van der Waals surface area contributed by atoms with E-state index in [4.69, 9.17) is 9.51 Å². The topological polar surface area (TPSA) is 45.4 Å². The van der Waals surface area contributed by atoms with E-state index < -0.39 is 0 Å². The van der Waals surface area contributed by atoms with E-state index in [1.165, 1.54) is 16.8 Å². The Kier molecular flexibility index (Phi) is 5.66. The molecule has 0 saturated carbocycles. The Balaban J connectivity index is 1.29. The van der Waals surface area contributed by atoms with Crippen LogP contribution in [0.4, 0.5) is 0 Å². The number of thiazole rings is 1. The third kappa shape index (κ3) is 4.64. The van der Waals surface area contributed by atoms with E-state index in [-0.39, 0.29) is 0 Å². The SMILES string of the molecule is CCc1ccc(-c2nc(CN3CCN(Cc4cc(C)on4)CC3)cs2)cc1. The molecule has 1 aliphatic rings. The molecule has 0 radical (unpaired) electrons. The number of aromatic nitrogens is 2. The molecule has 0 unspecified atom stereocenters. The molecule has 3 heterocycles. The standard InChI is InChI=1S/C21H26N4OS/c1-3-17-4-6-18(7-5-17)21-22-20(15-27-21)14-25-10-8-24(9-11-25)13-19-12-16(2)26-23-19/h4-7,12,15H,3,8-11,13-14H2,1-2H3. The highest BCUT2D eigenvalue weighted by atomic mass is 32.1. The van der Waals surface area contributed by atoms with E-state index in [1.54, 1.807) is 11.3 Å². The molecule has 6 heteroatoms. The summed E-state index contributed by atoms with van der Waals surface area (Å²) in [4.78, 5) is 9.79. The average molecular weight is 383 g/mol. The van der Waals surface area contributed by atoms with E-state index in [9.17, 15) is 0 Å². The molecule has 3 aromatic rings. The van der Waals surface area contributed by atoms with Gasteiger partial charge in [0.1, 0.15) is 10.8 Å². The fraction of sp³-hybridized carbons (Fsp3) is 0.429. The smallest absolute Gasteiger partial charge is 0.133 e. The predicted molar refractivity (Wildman–Crippen MR) is 109 cm³/mol. The largest absolute Gasteiger partial charge is 0.361 e. The molecule has 1 aliphatic heterocycles. The fourth-order valence-corrected chi connectivity index (χ4v) is 4.27. The molecule has 27 heavy (non-hydrogen) atoms. The van der Waals surface area contributed by atoms with Crippen molar-refractivity contribution < 1.29 is 4.52 Å². The lowest BCUT2D eigenvalue weighted by atomic mass is 10.1. The summed E-state index contributed by atoms with van der Waals surface area (Å²) in [6.45, 7) is 10.2. The fourth-order valence-electron chi connectivity index (χ4n) is 3.45. The quantitative estimate of drug-likeness (QED) is 0.645.